The topological polar surface area (TPSA) is 106 Å². The van der Waals surface area contributed by atoms with Gasteiger partial charge in [0.25, 0.3) is 0 Å². The van der Waals surface area contributed by atoms with Gasteiger partial charge in [0, 0.05) is 42.8 Å². The third-order valence-corrected chi connectivity index (χ3v) is 6.80. The predicted molar refractivity (Wildman–Crippen MR) is 113 cm³/mol. The fraction of sp³-hybridized carbons (Fsp3) is 0.278. The van der Waals surface area contributed by atoms with Crippen LogP contribution in [0.4, 0.5) is 22.6 Å². The highest BCUT2D eigenvalue weighted by atomic mass is 32.1. The van der Waals surface area contributed by atoms with E-state index in [2.05, 4.69) is 35.5 Å². The number of nitrogens with zero attached hydrogens (tertiary/aromatic N) is 6. The van der Waals surface area contributed by atoms with E-state index in [0.29, 0.717) is 17.6 Å². The molecule has 5 heterocycles. The lowest BCUT2D eigenvalue weighted by molar-refractivity contribution is 0.508. The van der Waals surface area contributed by atoms with E-state index in [1.165, 1.54) is 17.8 Å². The largest absolute Gasteiger partial charge is 0.384 e. The number of nitrogens with one attached hydrogen (secondary N) is 1. The Balaban J connectivity index is 1.43. The Bertz CT molecular complexity index is 1090. The van der Waals surface area contributed by atoms with E-state index in [-0.39, 0.29) is 0 Å². The van der Waals surface area contributed by atoms with E-state index < -0.39 is 0 Å². The summed E-state index contributed by atoms with van der Waals surface area (Å²) in [6, 6.07) is 3.63. The van der Waals surface area contributed by atoms with Gasteiger partial charge < -0.3 is 16.0 Å². The number of hydrogen-bond acceptors (Lipinski definition) is 10. The molecule has 1 aliphatic rings. The molecule has 1 fully saturated rings. The quantitative estimate of drug-likeness (QED) is 0.525. The molecule has 0 amide bonds. The first-order valence-corrected chi connectivity index (χ1v) is 10.7. The van der Waals surface area contributed by atoms with Gasteiger partial charge in [-0.25, -0.2) is 24.9 Å². The zero-order chi connectivity index (χ0) is 18.9. The third-order valence-electron chi connectivity index (χ3n) is 4.72. The minimum absolute atomic E-state index is 0.413. The van der Waals surface area contributed by atoms with Gasteiger partial charge >= 0.3 is 0 Å². The number of aromatic nitrogens is 5. The summed E-state index contributed by atoms with van der Waals surface area (Å²) in [6.45, 7) is 1.96. The van der Waals surface area contributed by atoms with Crippen molar-refractivity contribution in [1.82, 2.24) is 24.9 Å². The lowest BCUT2D eigenvalue weighted by atomic mass is 9.99. The summed E-state index contributed by atoms with van der Waals surface area (Å²) in [5.41, 5.74) is 6.67. The first kappa shape index (κ1) is 17.3. The lowest BCUT2D eigenvalue weighted by Crippen LogP contribution is -2.34. The van der Waals surface area contributed by atoms with Crippen molar-refractivity contribution in [2.24, 2.45) is 0 Å². The average molecular weight is 411 g/mol. The van der Waals surface area contributed by atoms with Gasteiger partial charge in [-0.2, -0.15) is 0 Å². The molecule has 1 atom stereocenters. The highest BCUT2D eigenvalue weighted by molar-refractivity contribution is 7.22. The van der Waals surface area contributed by atoms with Crippen LogP contribution in [0.25, 0.3) is 10.2 Å². The fourth-order valence-corrected chi connectivity index (χ4v) is 5.23. The van der Waals surface area contributed by atoms with E-state index in [1.807, 2.05) is 12.3 Å². The Morgan fingerprint density at radius 1 is 1.18 bits per heavy atom. The normalized spacial score (nSPS) is 17.1. The standard InChI is InChI=1S/C18H18N8S2/c19-13-8-14(23-10-22-13)25-16-15-12(3-4-20-16)24-18(28-15)26-6-1-2-11(9-26)17-21-5-7-27-17/h3-5,7-8,10-11H,1-2,6,9H2,(H3,19,20,22,23,25). The molecule has 4 aromatic heterocycles. The minimum Gasteiger partial charge on any atom is -0.384 e. The molecule has 1 saturated heterocycles. The van der Waals surface area contributed by atoms with E-state index in [9.17, 15) is 0 Å². The van der Waals surface area contributed by atoms with Gasteiger partial charge in [0.1, 0.15) is 18.0 Å². The van der Waals surface area contributed by atoms with Crippen LogP contribution in [0.15, 0.2) is 36.2 Å². The molecule has 0 radical (unpaired) electrons. The van der Waals surface area contributed by atoms with Gasteiger partial charge in [0.2, 0.25) is 0 Å². The summed E-state index contributed by atoms with van der Waals surface area (Å²) < 4.78 is 1.01. The zero-order valence-electron chi connectivity index (χ0n) is 14.9. The SMILES string of the molecule is Nc1cc(Nc2nccc3nc(N4CCCC(c5nccs5)C4)sc23)ncn1. The van der Waals surface area contributed by atoms with Gasteiger partial charge in [0.15, 0.2) is 10.9 Å². The molecular formula is C18H18N8S2. The number of nitrogen functional groups attached to an aromatic ring is 1. The van der Waals surface area contributed by atoms with Crippen molar-refractivity contribution < 1.29 is 0 Å². The second-order valence-corrected chi connectivity index (χ2v) is 8.52. The first-order chi connectivity index (χ1) is 13.8. The number of hydrogen-bond donors (Lipinski definition) is 2. The van der Waals surface area contributed by atoms with E-state index in [1.54, 1.807) is 34.9 Å². The van der Waals surface area contributed by atoms with E-state index >= 15 is 0 Å². The van der Waals surface area contributed by atoms with Crippen molar-refractivity contribution in [3.05, 3.63) is 41.2 Å². The second-order valence-electron chi connectivity index (χ2n) is 6.61. The number of anilines is 4. The Hall–Kier alpha value is -2.85. The minimum atomic E-state index is 0.413. The first-order valence-electron chi connectivity index (χ1n) is 9.01. The van der Waals surface area contributed by atoms with Crippen LogP contribution in [0, 0.1) is 0 Å². The molecule has 1 unspecified atom stereocenters. The van der Waals surface area contributed by atoms with Crippen LogP contribution in [-0.4, -0.2) is 38.0 Å². The van der Waals surface area contributed by atoms with Crippen molar-refractivity contribution in [3.8, 4) is 0 Å². The number of pyridine rings is 1. The molecule has 0 spiro atoms. The van der Waals surface area contributed by atoms with Crippen molar-refractivity contribution in [2.75, 3.05) is 29.0 Å². The molecule has 28 heavy (non-hydrogen) atoms. The third kappa shape index (κ3) is 3.36. The Morgan fingerprint density at radius 2 is 2.14 bits per heavy atom. The summed E-state index contributed by atoms with van der Waals surface area (Å²) in [5.74, 6) is 2.23. The van der Waals surface area contributed by atoms with Crippen molar-refractivity contribution in [1.29, 1.82) is 0 Å². The number of thiazole rings is 2. The summed E-state index contributed by atoms with van der Waals surface area (Å²) in [7, 11) is 0. The van der Waals surface area contributed by atoms with Crippen LogP contribution in [0.2, 0.25) is 0 Å². The molecule has 5 rings (SSSR count). The molecule has 0 aromatic carbocycles. The maximum absolute atomic E-state index is 5.75. The lowest BCUT2D eigenvalue weighted by Gasteiger charge is -2.31. The van der Waals surface area contributed by atoms with Crippen LogP contribution < -0.4 is 16.0 Å². The van der Waals surface area contributed by atoms with Gasteiger partial charge in [-0.3, -0.25) is 0 Å². The van der Waals surface area contributed by atoms with Crippen molar-refractivity contribution in [3.63, 3.8) is 0 Å². The average Bonchev–Trinajstić information content (AvgIpc) is 3.39. The van der Waals surface area contributed by atoms with Crippen LogP contribution in [0.5, 0.6) is 0 Å². The van der Waals surface area contributed by atoms with Gasteiger partial charge in [0.05, 0.1) is 15.2 Å². The van der Waals surface area contributed by atoms with Crippen LogP contribution in [0.1, 0.15) is 23.8 Å². The second kappa shape index (κ2) is 7.28. The molecule has 0 bridgehead atoms. The number of piperidine rings is 1. The molecule has 8 nitrogen and oxygen atoms in total. The molecule has 142 valence electrons. The van der Waals surface area contributed by atoms with Crippen molar-refractivity contribution in [2.45, 2.75) is 18.8 Å². The zero-order valence-corrected chi connectivity index (χ0v) is 16.6. The maximum atomic E-state index is 5.75. The number of rotatable bonds is 4. The van der Waals surface area contributed by atoms with E-state index in [0.717, 1.165) is 40.7 Å². The molecule has 0 aliphatic carbocycles. The monoisotopic (exact) mass is 410 g/mol. The summed E-state index contributed by atoms with van der Waals surface area (Å²) >= 11 is 3.39. The maximum Gasteiger partial charge on any atom is 0.186 e. The Morgan fingerprint density at radius 3 is 3.00 bits per heavy atom. The van der Waals surface area contributed by atoms with E-state index in [4.69, 9.17) is 10.7 Å². The smallest absolute Gasteiger partial charge is 0.186 e. The van der Waals surface area contributed by atoms with Crippen LogP contribution in [-0.2, 0) is 0 Å². The van der Waals surface area contributed by atoms with Crippen LogP contribution >= 0.6 is 22.7 Å². The molecular weight excluding hydrogens is 392 g/mol. The van der Waals surface area contributed by atoms with Gasteiger partial charge in [-0.15, -0.1) is 11.3 Å². The summed E-state index contributed by atoms with van der Waals surface area (Å²) in [6.07, 6.45) is 7.40. The molecule has 3 N–H and O–H groups in total. The molecule has 10 heteroatoms. The predicted octanol–water partition coefficient (Wildman–Crippen LogP) is 3.65. The fourth-order valence-electron chi connectivity index (χ4n) is 3.42. The number of nitrogens with two attached hydrogens (primary N) is 1. The molecule has 4 aromatic rings. The summed E-state index contributed by atoms with van der Waals surface area (Å²) in [4.78, 5) is 24.3. The highest BCUT2D eigenvalue weighted by Gasteiger charge is 2.25. The Labute approximate surface area is 169 Å². The number of fused-ring (bicyclic) bond motifs is 1. The summed E-state index contributed by atoms with van der Waals surface area (Å²) in [5, 5.41) is 7.53. The molecule has 0 saturated carbocycles. The highest BCUT2D eigenvalue weighted by Crippen LogP contribution is 2.37. The van der Waals surface area contributed by atoms with Gasteiger partial charge in [-0.05, 0) is 18.9 Å². The molecule has 1 aliphatic heterocycles. The van der Waals surface area contributed by atoms with Crippen molar-refractivity contribution >= 4 is 55.5 Å². The Kier molecular flexibility index (Phi) is 4.49. The van der Waals surface area contributed by atoms with Crippen LogP contribution in [0.3, 0.4) is 0 Å². The van der Waals surface area contributed by atoms with Gasteiger partial charge in [-0.1, -0.05) is 11.3 Å².